The molecule has 5 atom stereocenters. The zero-order valence-corrected chi connectivity index (χ0v) is 63.6. The average molecular weight is 1440 g/mol. The van der Waals surface area contributed by atoms with E-state index in [0.717, 1.165) is 154 Å². The molecule has 0 rings (SSSR count). The summed E-state index contributed by atoms with van der Waals surface area (Å²) in [6, 6.07) is 0. The molecule has 0 aromatic rings. The molecule has 0 aromatic heterocycles. The molecule has 5 unspecified atom stereocenters. The fourth-order valence-corrected chi connectivity index (χ4v) is 10.8. The number of carbonyl (C=O) groups is 4. The van der Waals surface area contributed by atoms with Crippen LogP contribution in [-0.2, 0) is 65.4 Å². The van der Waals surface area contributed by atoms with Crippen LogP contribution in [0.3, 0.4) is 0 Å². The minimum atomic E-state index is -5.01. The largest absolute Gasteiger partial charge is 0.472 e. The van der Waals surface area contributed by atoms with Gasteiger partial charge in [0.2, 0.25) is 0 Å². The van der Waals surface area contributed by atoms with Crippen molar-refractivity contribution in [1.82, 2.24) is 0 Å². The molecule has 568 valence electrons. The molecule has 0 fully saturated rings. The van der Waals surface area contributed by atoms with Crippen LogP contribution in [0.4, 0.5) is 0 Å². The first-order chi connectivity index (χ1) is 48.7. The number of phosphoric acid groups is 2. The van der Waals surface area contributed by atoms with Gasteiger partial charge in [-0.05, 0) is 154 Å². The van der Waals surface area contributed by atoms with Crippen molar-refractivity contribution in [1.29, 1.82) is 0 Å². The van der Waals surface area contributed by atoms with E-state index in [1.54, 1.807) is 0 Å². The van der Waals surface area contributed by atoms with Crippen LogP contribution in [0.15, 0.2) is 158 Å². The molecule has 0 aliphatic carbocycles. The quantitative estimate of drug-likeness (QED) is 0.0169. The summed E-state index contributed by atoms with van der Waals surface area (Å²) in [5.74, 6) is -2.36. The van der Waals surface area contributed by atoms with Crippen LogP contribution in [0.25, 0.3) is 0 Å². The lowest BCUT2D eigenvalue weighted by Crippen LogP contribution is -2.30. The molecule has 0 heterocycles. The minimum absolute atomic E-state index is 0.0209. The number of unbranched alkanes of at least 4 members (excludes halogenated alkanes) is 17. The number of hydrogen-bond donors (Lipinski definition) is 3. The number of carbonyl (C=O) groups excluding carboxylic acids is 4. The van der Waals surface area contributed by atoms with E-state index in [2.05, 4.69) is 161 Å². The van der Waals surface area contributed by atoms with Crippen LogP contribution in [0.5, 0.6) is 0 Å². The number of aliphatic hydroxyl groups is 1. The number of ether oxygens (including phenoxy) is 4. The highest BCUT2D eigenvalue weighted by Gasteiger charge is 2.30. The summed E-state index contributed by atoms with van der Waals surface area (Å²) in [5.41, 5.74) is 0. The summed E-state index contributed by atoms with van der Waals surface area (Å²) in [6.45, 7) is 4.37. The van der Waals surface area contributed by atoms with Gasteiger partial charge in [0.15, 0.2) is 12.2 Å². The van der Waals surface area contributed by atoms with Crippen LogP contribution >= 0.6 is 15.6 Å². The molecule has 3 N–H and O–H groups in total. The molecular formula is C81H132O17P2. The maximum absolute atomic E-state index is 13.1. The standard InChI is InChI=1S/C81H132O17P2/c1-5-9-13-17-21-25-29-33-35-36-37-38-40-43-46-50-54-58-62-66-79(84)92-72-77(98-81(86)68-64-60-56-52-48-44-39-34-30-26-22-18-14-10-6-2)74-96-100(89,90)94-70-75(82)69-93-99(87,88)95-73-76(97-80(85)67-63-59-55-51-47-42-32-28-24-20-16-12-8-4)71-91-78(83)65-61-57-53-49-45-41-31-27-23-19-15-11-7-3/h9-10,13-15,19,21-22,25-28,31-35,37-39,43,46,48,52,54,58,75-77,82H,5-8,11-12,16-18,20,23-24,29-30,36,40-42,44-45,47,49-51,53,55-57,59-74H2,1-4H3,(H,87,88)(H,89,90)/b13-9-,14-10-,19-15-,25-21-,26-22-,31-27-,32-28-,35-33-,38-37-,39-34-,46-43-,52-48-,58-54-. The Hall–Kier alpha value is -5.32. The Morgan fingerprint density at radius 2 is 0.560 bits per heavy atom. The van der Waals surface area contributed by atoms with E-state index in [9.17, 15) is 43.2 Å². The topological polar surface area (TPSA) is 237 Å². The van der Waals surface area contributed by atoms with E-state index in [1.807, 2.05) is 24.3 Å². The summed E-state index contributed by atoms with van der Waals surface area (Å²) < 4.78 is 68.3. The van der Waals surface area contributed by atoms with Crippen molar-refractivity contribution < 1.29 is 80.2 Å². The van der Waals surface area contributed by atoms with E-state index in [-0.39, 0.29) is 25.7 Å². The molecule has 17 nitrogen and oxygen atoms in total. The van der Waals surface area contributed by atoms with E-state index in [0.29, 0.717) is 38.5 Å². The highest BCUT2D eigenvalue weighted by molar-refractivity contribution is 7.47. The number of phosphoric ester groups is 2. The fourth-order valence-electron chi connectivity index (χ4n) is 9.27. The van der Waals surface area contributed by atoms with Crippen molar-refractivity contribution in [2.24, 2.45) is 0 Å². The van der Waals surface area contributed by atoms with E-state index in [4.69, 9.17) is 37.0 Å². The molecule has 19 heteroatoms. The van der Waals surface area contributed by atoms with Crippen LogP contribution in [0.1, 0.15) is 272 Å². The Labute approximate surface area is 604 Å². The molecule has 0 aliphatic rings. The summed E-state index contributed by atoms with van der Waals surface area (Å²) in [5, 5.41) is 10.6. The Kier molecular flexibility index (Phi) is 68.2. The third-order valence-electron chi connectivity index (χ3n) is 15.0. The lowest BCUT2D eigenvalue weighted by molar-refractivity contribution is -0.161. The van der Waals surface area contributed by atoms with Crippen molar-refractivity contribution in [3.05, 3.63) is 158 Å². The second-order valence-electron chi connectivity index (χ2n) is 24.5. The van der Waals surface area contributed by atoms with Crippen molar-refractivity contribution in [2.45, 2.75) is 290 Å². The van der Waals surface area contributed by atoms with Gasteiger partial charge in [-0.15, -0.1) is 0 Å². The monoisotopic (exact) mass is 1440 g/mol. The van der Waals surface area contributed by atoms with Gasteiger partial charge >= 0.3 is 39.5 Å². The predicted octanol–water partition coefficient (Wildman–Crippen LogP) is 21.7. The Morgan fingerprint density at radius 3 is 0.930 bits per heavy atom. The first-order valence-corrected chi connectivity index (χ1v) is 40.7. The molecule has 0 spiro atoms. The zero-order valence-electron chi connectivity index (χ0n) is 61.8. The van der Waals surface area contributed by atoms with Crippen molar-refractivity contribution >= 4 is 39.5 Å². The van der Waals surface area contributed by atoms with Crippen LogP contribution in [0.2, 0.25) is 0 Å². The Morgan fingerprint density at radius 1 is 0.290 bits per heavy atom. The zero-order chi connectivity index (χ0) is 73.2. The van der Waals surface area contributed by atoms with Gasteiger partial charge in [0, 0.05) is 25.7 Å². The normalized spacial score (nSPS) is 14.8. The lowest BCUT2D eigenvalue weighted by atomic mass is 10.1. The molecule has 0 saturated carbocycles. The molecule has 0 aliphatic heterocycles. The number of aliphatic hydroxyl groups excluding tert-OH is 1. The summed E-state index contributed by atoms with van der Waals surface area (Å²) in [7, 11) is -10.00. The van der Waals surface area contributed by atoms with Crippen LogP contribution < -0.4 is 0 Å². The molecule has 0 saturated heterocycles. The summed E-state index contributed by atoms with van der Waals surface area (Å²) >= 11 is 0. The Bertz CT molecular complexity index is 2520. The maximum Gasteiger partial charge on any atom is 0.472 e. The highest BCUT2D eigenvalue weighted by atomic mass is 31.2. The molecule has 0 bridgehead atoms. The van der Waals surface area contributed by atoms with Gasteiger partial charge in [0.1, 0.15) is 19.3 Å². The van der Waals surface area contributed by atoms with Crippen molar-refractivity contribution in [3.63, 3.8) is 0 Å². The van der Waals surface area contributed by atoms with Gasteiger partial charge in [-0.25, -0.2) is 9.13 Å². The highest BCUT2D eigenvalue weighted by Crippen LogP contribution is 2.45. The molecule has 100 heavy (non-hydrogen) atoms. The summed E-state index contributed by atoms with van der Waals surface area (Å²) in [4.78, 5) is 72.8. The number of esters is 4. The molecule has 0 aromatic carbocycles. The van der Waals surface area contributed by atoms with Crippen molar-refractivity contribution in [2.75, 3.05) is 39.6 Å². The molecule has 0 amide bonds. The second-order valence-corrected chi connectivity index (χ2v) is 27.4. The lowest BCUT2D eigenvalue weighted by Gasteiger charge is -2.21. The van der Waals surface area contributed by atoms with E-state index >= 15 is 0 Å². The van der Waals surface area contributed by atoms with Gasteiger partial charge in [-0.2, -0.15) is 0 Å². The summed E-state index contributed by atoms with van der Waals surface area (Å²) in [6.07, 6.45) is 82.6. The fraction of sp³-hybridized carbons (Fsp3) is 0.630. The smallest absolute Gasteiger partial charge is 0.462 e. The second kappa shape index (κ2) is 72.0. The SMILES string of the molecule is CC/C=C\C/C=C\C/C=C\C/C=C\C/C=C\C/C=C\CCC(=O)OCC(COP(=O)(O)OCC(O)COP(=O)(O)OCC(COC(=O)CCCCCCC/C=C\C/C=C\CCC)OC(=O)CCCCCCC/C=C\CCCCCC)OC(=O)CCCC/C=C\C/C=C\C/C=C\C/C=C\CC. The van der Waals surface area contributed by atoms with E-state index in [1.165, 1.54) is 25.7 Å². The number of rotatable bonds is 69. The van der Waals surface area contributed by atoms with E-state index < -0.39 is 97.5 Å². The third kappa shape index (κ3) is 71.1. The van der Waals surface area contributed by atoms with Crippen LogP contribution in [-0.4, -0.2) is 96.7 Å². The number of allylic oxidation sites excluding steroid dienone is 26. The van der Waals surface area contributed by atoms with Gasteiger partial charge in [-0.3, -0.25) is 37.3 Å². The van der Waals surface area contributed by atoms with Gasteiger partial charge < -0.3 is 33.8 Å². The van der Waals surface area contributed by atoms with Gasteiger partial charge in [0.05, 0.1) is 26.4 Å². The van der Waals surface area contributed by atoms with Gasteiger partial charge in [-0.1, -0.05) is 250 Å². The predicted molar refractivity (Wildman–Crippen MR) is 408 cm³/mol. The average Bonchev–Trinajstić information content (AvgIpc) is 0.946. The number of hydrogen-bond acceptors (Lipinski definition) is 15. The van der Waals surface area contributed by atoms with Crippen LogP contribution in [0, 0.1) is 0 Å². The minimum Gasteiger partial charge on any atom is -0.462 e. The first-order valence-electron chi connectivity index (χ1n) is 37.7. The third-order valence-corrected chi connectivity index (χ3v) is 16.9. The van der Waals surface area contributed by atoms with Crippen molar-refractivity contribution in [3.8, 4) is 0 Å². The van der Waals surface area contributed by atoms with Gasteiger partial charge in [0.25, 0.3) is 0 Å². The molecule has 0 radical (unpaired) electrons. The molecular weight excluding hydrogens is 1310 g/mol. The maximum atomic E-state index is 13.1. The first kappa shape index (κ1) is 94.7. The Balaban J connectivity index is 5.47.